The molecule has 0 nitrogen and oxygen atoms in total. The van der Waals surface area contributed by atoms with Gasteiger partial charge in [0.05, 0.1) is 6.42 Å². The first-order valence-electron chi connectivity index (χ1n) is 2.15. The summed E-state index contributed by atoms with van der Waals surface area (Å²) in [7, 11) is 0. The highest BCUT2D eigenvalue weighted by atomic mass is 35.5. The van der Waals surface area contributed by atoms with Gasteiger partial charge in [-0.25, -0.2) is 8.78 Å². The summed E-state index contributed by atoms with van der Waals surface area (Å²) >= 11 is 14.5. The van der Waals surface area contributed by atoms with Crippen LogP contribution in [0.15, 0.2) is 0 Å². The van der Waals surface area contributed by atoms with Crippen molar-refractivity contribution < 1.29 is 8.78 Å². The lowest BCUT2D eigenvalue weighted by molar-refractivity contribution is 0.223. The summed E-state index contributed by atoms with van der Waals surface area (Å²) in [6.07, 6.45) is -0.745. The molecule has 1 atom stereocenters. The van der Waals surface area contributed by atoms with Gasteiger partial charge in [-0.05, 0) is 6.92 Å². The Morgan fingerprint density at radius 1 is 1.22 bits per heavy atom. The summed E-state index contributed by atoms with van der Waals surface area (Å²) in [5, 5.41) is -2.18. The van der Waals surface area contributed by atoms with Gasteiger partial charge in [-0.1, -0.05) is 34.8 Å². The average molecular weight is 197 g/mol. The zero-order valence-corrected chi connectivity index (χ0v) is 6.86. The van der Waals surface area contributed by atoms with E-state index in [-0.39, 0.29) is 0 Å². The monoisotopic (exact) mass is 196 g/mol. The first-order chi connectivity index (χ1) is 3.71. The molecule has 0 radical (unpaired) electrons. The average Bonchev–Trinajstić information content (AvgIpc) is 1.14. The molecule has 0 aromatic carbocycles. The highest BCUT2D eigenvalue weighted by Gasteiger charge is 2.34. The van der Waals surface area contributed by atoms with Crippen molar-refractivity contribution in [3.8, 4) is 0 Å². The summed E-state index contributed by atoms with van der Waals surface area (Å²) in [6.45, 7) is 0.980. The predicted octanol–water partition coefficient (Wildman–Crippen LogP) is 3.40. The first kappa shape index (κ1) is 9.73. The van der Waals surface area contributed by atoms with E-state index in [9.17, 15) is 8.78 Å². The van der Waals surface area contributed by atoms with Crippen molar-refractivity contribution in [2.75, 3.05) is 0 Å². The molecule has 0 aromatic heterocycles. The number of hydrogen-bond donors (Lipinski definition) is 0. The molecule has 0 aromatic rings. The van der Waals surface area contributed by atoms with Crippen LogP contribution in [0, 0.1) is 0 Å². The molecule has 0 amide bonds. The van der Waals surface area contributed by atoms with Gasteiger partial charge in [0, 0.05) is 0 Å². The third kappa shape index (κ3) is 8.73. The molecule has 0 saturated heterocycles. The Labute approximate surface area is 67.1 Å². The number of hydrogen-bond acceptors (Lipinski definition) is 0. The van der Waals surface area contributed by atoms with Gasteiger partial charge in [0.2, 0.25) is 0 Å². The van der Waals surface area contributed by atoms with Crippen LogP contribution < -0.4 is 0 Å². The van der Waals surface area contributed by atoms with Crippen molar-refractivity contribution in [2.24, 2.45) is 0 Å². The van der Waals surface area contributed by atoms with Crippen molar-refractivity contribution in [1.29, 1.82) is 0 Å². The second kappa shape index (κ2) is 2.77. The van der Waals surface area contributed by atoms with E-state index in [0.717, 1.165) is 6.92 Å². The lowest BCUT2D eigenvalue weighted by Crippen LogP contribution is -2.18. The maximum absolute atomic E-state index is 12.2. The summed E-state index contributed by atoms with van der Waals surface area (Å²) < 4.78 is 21.8. The topological polar surface area (TPSA) is 0 Å². The van der Waals surface area contributed by atoms with Gasteiger partial charge in [-0.3, -0.25) is 0 Å². The molecule has 5 heteroatoms. The van der Waals surface area contributed by atoms with Crippen LogP contribution in [0.2, 0.25) is 0 Å². The summed E-state index contributed by atoms with van der Waals surface area (Å²) in [4.78, 5) is 0. The second-order valence-electron chi connectivity index (χ2n) is 1.86. The van der Waals surface area contributed by atoms with Crippen LogP contribution in [-0.4, -0.2) is 9.72 Å². The Bertz CT molecular complexity index is 79.0. The third-order valence-electron chi connectivity index (χ3n) is 0.511. The number of rotatable bonds is 2. The zero-order chi connectivity index (χ0) is 7.71. The first-order valence-corrected chi connectivity index (χ1v) is 3.29. The fraction of sp³-hybridized carbons (Fsp3) is 1.00. The smallest absolute Gasteiger partial charge is 0.226 e. The quantitative estimate of drug-likeness (QED) is 0.595. The lowest BCUT2D eigenvalue weighted by Gasteiger charge is -2.15. The molecule has 0 aliphatic carbocycles. The normalized spacial score (nSPS) is 19.3. The van der Waals surface area contributed by atoms with E-state index < -0.39 is 16.1 Å². The van der Waals surface area contributed by atoms with E-state index in [4.69, 9.17) is 34.8 Å². The van der Waals surface area contributed by atoms with Crippen molar-refractivity contribution >= 4 is 34.8 Å². The van der Waals surface area contributed by atoms with E-state index in [0.29, 0.717) is 0 Å². The minimum absolute atomic E-state index is 0.745. The van der Waals surface area contributed by atoms with Gasteiger partial charge in [0.15, 0.2) is 5.13 Å². The van der Waals surface area contributed by atoms with Crippen molar-refractivity contribution in [3.63, 3.8) is 0 Å². The van der Waals surface area contributed by atoms with Gasteiger partial charge in [0.25, 0.3) is 4.59 Å². The van der Waals surface area contributed by atoms with Crippen LogP contribution in [0.1, 0.15) is 13.3 Å². The van der Waals surface area contributed by atoms with Crippen LogP contribution in [0.25, 0.3) is 0 Å². The molecule has 0 spiro atoms. The minimum Gasteiger partial charge on any atom is -0.226 e. The standard InChI is InChI=1S/C4H5Cl3F2/c1-3(5,8)2-4(6,7)9/h2H2,1H3. The highest BCUT2D eigenvalue weighted by Crippen LogP contribution is 2.36. The second-order valence-corrected chi connectivity index (χ2v) is 4.04. The van der Waals surface area contributed by atoms with E-state index in [1.807, 2.05) is 0 Å². The Hall–Kier alpha value is 0.730. The molecule has 0 aliphatic rings. The summed E-state index contributed by atoms with van der Waals surface area (Å²) in [5.74, 6) is 0. The van der Waals surface area contributed by atoms with Crippen LogP contribution in [0.3, 0.4) is 0 Å². The molecule has 0 saturated carbocycles. The molecule has 0 heterocycles. The van der Waals surface area contributed by atoms with Gasteiger partial charge in [0.1, 0.15) is 0 Å². The van der Waals surface area contributed by atoms with Gasteiger partial charge in [-0.15, -0.1) is 0 Å². The Kier molecular flexibility index (Phi) is 2.99. The largest absolute Gasteiger partial charge is 0.261 e. The molecule has 0 aliphatic heterocycles. The number of halogens is 5. The molecular formula is C4H5Cl3F2. The van der Waals surface area contributed by atoms with Gasteiger partial charge < -0.3 is 0 Å². The molecule has 0 bridgehead atoms. The molecular weight excluding hydrogens is 192 g/mol. The SMILES string of the molecule is CC(F)(Cl)CC(F)(Cl)Cl. The molecule has 56 valence electrons. The van der Waals surface area contributed by atoms with E-state index >= 15 is 0 Å². The third-order valence-corrected chi connectivity index (χ3v) is 0.912. The van der Waals surface area contributed by atoms with E-state index in [1.54, 1.807) is 0 Å². The van der Waals surface area contributed by atoms with E-state index in [2.05, 4.69) is 0 Å². The highest BCUT2D eigenvalue weighted by molar-refractivity contribution is 6.47. The van der Waals surface area contributed by atoms with Crippen molar-refractivity contribution in [1.82, 2.24) is 0 Å². The Morgan fingerprint density at radius 2 is 1.56 bits per heavy atom. The number of alkyl halides is 5. The van der Waals surface area contributed by atoms with E-state index in [1.165, 1.54) is 0 Å². The minimum atomic E-state index is -2.58. The Balaban J connectivity index is 3.75. The Morgan fingerprint density at radius 3 is 1.56 bits per heavy atom. The summed E-state index contributed by atoms with van der Waals surface area (Å²) in [6, 6.07) is 0. The van der Waals surface area contributed by atoms with Crippen LogP contribution >= 0.6 is 34.8 Å². The molecule has 9 heavy (non-hydrogen) atoms. The lowest BCUT2D eigenvalue weighted by atomic mass is 10.3. The fourth-order valence-corrected chi connectivity index (χ4v) is 1.17. The van der Waals surface area contributed by atoms with Gasteiger partial charge in [-0.2, -0.15) is 0 Å². The molecule has 0 fully saturated rings. The van der Waals surface area contributed by atoms with Crippen LogP contribution in [0.4, 0.5) is 8.78 Å². The maximum atomic E-state index is 12.2. The predicted molar refractivity (Wildman–Crippen MR) is 35.5 cm³/mol. The van der Waals surface area contributed by atoms with Crippen molar-refractivity contribution in [3.05, 3.63) is 0 Å². The van der Waals surface area contributed by atoms with Gasteiger partial charge >= 0.3 is 0 Å². The molecule has 0 N–H and O–H groups in total. The van der Waals surface area contributed by atoms with Crippen molar-refractivity contribution in [2.45, 2.75) is 23.1 Å². The van der Waals surface area contributed by atoms with Crippen LogP contribution in [-0.2, 0) is 0 Å². The molecule has 1 unspecified atom stereocenters. The van der Waals surface area contributed by atoms with Crippen LogP contribution in [0.5, 0.6) is 0 Å². The zero-order valence-electron chi connectivity index (χ0n) is 4.60. The molecule has 0 rings (SSSR count). The maximum Gasteiger partial charge on any atom is 0.261 e. The summed E-state index contributed by atoms with van der Waals surface area (Å²) in [5.41, 5.74) is 0. The fourth-order valence-electron chi connectivity index (χ4n) is 0.352.